The van der Waals surface area contributed by atoms with Crippen molar-refractivity contribution in [3.8, 4) is 0 Å². The summed E-state index contributed by atoms with van der Waals surface area (Å²) >= 11 is 0. The quantitative estimate of drug-likeness (QED) is 0.844. The SMILES string of the molecule is C1CCC1.NC(=O)C1=CC=CC=CN1.c1ccc2ncncc2c1. The first-order valence-corrected chi connectivity index (χ1v) is 8.02. The highest BCUT2D eigenvalue weighted by Gasteiger charge is 1.99. The van der Waals surface area contributed by atoms with Crippen molar-refractivity contribution in [2.24, 2.45) is 5.73 Å². The van der Waals surface area contributed by atoms with E-state index in [2.05, 4.69) is 15.3 Å². The Morgan fingerprint density at radius 1 is 1.04 bits per heavy atom. The lowest BCUT2D eigenvalue weighted by Crippen LogP contribution is -2.22. The number of amides is 1. The molecule has 0 unspecified atom stereocenters. The van der Waals surface area contributed by atoms with Gasteiger partial charge in [-0.3, -0.25) is 4.79 Å². The van der Waals surface area contributed by atoms with E-state index in [1.807, 2.05) is 36.5 Å². The first-order chi connectivity index (χ1) is 11.8. The van der Waals surface area contributed by atoms with Crippen molar-refractivity contribution < 1.29 is 4.79 Å². The molecule has 0 radical (unpaired) electrons. The zero-order chi connectivity index (χ0) is 17.0. The van der Waals surface area contributed by atoms with Gasteiger partial charge in [0.1, 0.15) is 12.0 Å². The maximum atomic E-state index is 10.5. The van der Waals surface area contributed by atoms with E-state index in [1.54, 1.807) is 30.8 Å². The van der Waals surface area contributed by atoms with Gasteiger partial charge < -0.3 is 11.1 Å². The second kappa shape index (κ2) is 9.94. The van der Waals surface area contributed by atoms with Gasteiger partial charge in [-0.15, -0.1) is 0 Å². The average Bonchev–Trinajstić information content (AvgIpc) is 2.83. The van der Waals surface area contributed by atoms with Crippen LogP contribution in [0.2, 0.25) is 0 Å². The minimum absolute atomic E-state index is 0.407. The summed E-state index contributed by atoms with van der Waals surface area (Å²) in [6.07, 6.45) is 18.0. The molecule has 1 aromatic heterocycles. The van der Waals surface area contributed by atoms with Crippen molar-refractivity contribution in [2.75, 3.05) is 0 Å². The summed E-state index contributed by atoms with van der Waals surface area (Å²) in [4.78, 5) is 18.5. The normalized spacial score (nSPS) is 14.6. The third-order valence-electron chi connectivity index (χ3n) is 3.50. The van der Waals surface area contributed by atoms with E-state index in [1.165, 1.54) is 25.7 Å². The maximum Gasteiger partial charge on any atom is 0.265 e. The van der Waals surface area contributed by atoms with E-state index < -0.39 is 5.91 Å². The standard InChI is InChI=1S/C8H6N2.C7H8N2O.C4H8/c1-2-4-8-7(3-1)5-9-6-10-8;8-7(10)6-4-2-1-3-5-9-6;1-2-4-3-1/h1-6H;1-5,9H,(H2,8,10);1-4H2. The molecule has 0 saturated heterocycles. The Morgan fingerprint density at radius 2 is 1.79 bits per heavy atom. The van der Waals surface area contributed by atoms with Gasteiger partial charge in [0.25, 0.3) is 5.91 Å². The summed E-state index contributed by atoms with van der Waals surface area (Å²) < 4.78 is 0. The number of rotatable bonds is 1. The second-order valence-corrected chi connectivity index (χ2v) is 5.33. The molecule has 1 aromatic carbocycles. The molecular weight excluding hydrogens is 300 g/mol. The number of carbonyl (C=O) groups excluding carboxylic acids is 1. The molecule has 3 N–H and O–H groups in total. The lowest BCUT2D eigenvalue weighted by Gasteiger charge is -2.05. The summed E-state index contributed by atoms with van der Waals surface area (Å²) in [7, 11) is 0. The lowest BCUT2D eigenvalue weighted by molar-refractivity contribution is -0.114. The van der Waals surface area contributed by atoms with E-state index in [-0.39, 0.29) is 0 Å². The van der Waals surface area contributed by atoms with Crippen LogP contribution in [0.3, 0.4) is 0 Å². The van der Waals surface area contributed by atoms with E-state index in [0.717, 1.165) is 10.9 Å². The summed E-state index contributed by atoms with van der Waals surface area (Å²) in [5.74, 6) is -0.448. The van der Waals surface area contributed by atoms with E-state index in [9.17, 15) is 4.79 Å². The third kappa shape index (κ3) is 6.04. The van der Waals surface area contributed by atoms with Gasteiger partial charge in [-0.1, -0.05) is 56.0 Å². The van der Waals surface area contributed by atoms with Crippen LogP contribution in [0.15, 0.2) is 73.0 Å². The molecule has 0 bridgehead atoms. The van der Waals surface area contributed by atoms with Crippen LogP contribution in [0.5, 0.6) is 0 Å². The van der Waals surface area contributed by atoms with Crippen molar-refractivity contribution in [1.29, 1.82) is 0 Å². The van der Waals surface area contributed by atoms with Crippen LogP contribution in [0, 0.1) is 0 Å². The number of aromatic nitrogens is 2. The highest BCUT2D eigenvalue weighted by molar-refractivity contribution is 5.91. The molecular formula is C19H22N4O. The predicted octanol–water partition coefficient (Wildman–Crippen LogP) is 3.22. The number of nitrogens with zero attached hydrogens (tertiary/aromatic N) is 2. The number of carbonyl (C=O) groups is 1. The monoisotopic (exact) mass is 322 g/mol. The molecule has 5 heteroatoms. The molecule has 124 valence electrons. The number of hydrogen-bond acceptors (Lipinski definition) is 4. The van der Waals surface area contributed by atoms with Gasteiger partial charge in [0.05, 0.1) is 5.52 Å². The predicted molar refractivity (Wildman–Crippen MR) is 96.7 cm³/mol. The molecule has 1 aliphatic carbocycles. The lowest BCUT2D eigenvalue weighted by atomic mass is 10.0. The van der Waals surface area contributed by atoms with Gasteiger partial charge in [0.2, 0.25) is 0 Å². The highest BCUT2D eigenvalue weighted by atomic mass is 16.1. The van der Waals surface area contributed by atoms with Crippen LogP contribution >= 0.6 is 0 Å². The van der Waals surface area contributed by atoms with Crippen molar-refractivity contribution in [3.63, 3.8) is 0 Å². The third-order valence-corrected chi connectivity index (χ3v) is 3.50. The fourth-order valence-corrected chi connectivity index (χ4v) is 1.78. The molecule has 0 spiro atoms. The largest absolute Gasteiger partial charge is 0.364 e. The Kier molecular flexibility index (Phi) is 7.21. The Balaban J connectivity index is 0.000000142. The first-order valence-electron chi connectivity index (χ1n) is 8.02. The Morgan fingerprint density at radius 3 is 2.46 bits per heavy atom. The van der Waals surface area contributed by atoms with Crippen molar-refractivity contribution >= 4 is 16.8 Å². The number of allylic oxidation sites excluding steroid dienone is 4. The molecule has 5 nitrogen and oxygen atoms in total. The van der Waals surface area contributed by atoms with E-state index in [0.29, 0.717) is 5.70 Å². The van der Waals surface area contributed by atoms with Gasteiger partial charge in [-0.2, -0.15) is 0 Å². The van der Waals surface area contributed by atoms with Gasteiger partial charge in [-0.25, -0.2) is 9.97 Å². The van der Waals surface area contributed by atoms with Crippen LogP contribution in [0.4, 0.5) is 0 Å². The number of benzene rings is 1. The molecule has 2 aromatic rings. The molecule has 2 aliphatic rings. The van der Waals surface area contributed by atoms with Gasteiger partial charge >= 0.3 is 0 Å². The van der Waals surface area contributed by atoms with E-state index >= 15 is 0 Å². The molecule has 1 amide bonds. The summed E-state index contributed by atoms with van der Waals surface area (Å²) in [6.45, 7) is 0. The fourth-order valence-electron chi connectivity index (χ4n) is 1.78. The molecule has 1 saturated carbocycles. The second-order valence-electron chi connectivity index (χ2n) is 5.33. The number of nitrogens with two attached hydrogens (primary N) is 1. The first kappa shape index (κ1) is 17.4. The minimum atomic E-state index is -0.448. The van der Waals surface area contributed by atoms with Gasteiger partial charge in [0, 0.05) is 17.8 Å². The zero-order valence-electron chi connectivity index (χ0n) is 13.6. The van der Waals surface area contributed by atoms with Crippen LogP contribution in [0.25, 0.3) is 10.9 Å². The van der Waals surface area contributed by atoms with Crippen molar-refractivity contribution in [2.45, 2.75) is 25.7 Å². The molecule has 24 heavy (non-hydrogen) atoms. The number of nitrogens with one attached hydrogen (secondary N) is 1. The van der Waals surface area contributed by atoms with E-state index in [4.69, 9.17) is 5.73 Å². The fraction of sp³-hybridized carbons (Fsp3) is 0.211. The van der Waals surface area contributed by atoms with Crippen LogP contribution in [-0.2, 0) is 4.79 Å². The van der Waals surface area contributed by atoms with Gasteiger partial charge in [0.15, 0.2) is 0 Å². The van der Waals surface area contributed by atoms with Crippen LogP contribution in [0.1, 0.15) is 25.7 Å². The van der Waals surface area contributed by atoms with Gasteiger partial charge in [-0.05, 0) is 18.2 Å². The van der Waals surface area contributed by atoms with Crippen molar-refractivity contribution in [1.82, 2.24) is 15.3 Å². The summed E-state index contributed by atoms with van der Waals surface area (Å²) in [5, 5.41) is 3.81. The topological polar surface area (TPSA) is 80.9 Å². The zero-order valence-corrected chi connectivity index (χ0v) is 13.6. The average molecular weight is 322 g/mol. The number of primary amides is 1. The smallest absolute Gasteiger partial charge is 0.265 e. The molecule has 1 fully saturated rings. The summed E-state index contributed by atoms with van der Waals surface area (Å²) in [5.41, 5.74) is 6.40. The summed E-state index contributed by atoms with van der Waals surface area (Å²) in [6, 6.07) is 7.91. The maximum absolute atomic E-state index is 10.5. The van der Waals surface area contributed by atoms with Crippen molar-refractivity contribution in [3.05, 3.63) is 73.0 Å². The molecule has 0 atom stereocenters. The van der Waals surface area contributed by atoms with Crippen LogP contribution in [-0.4, -0.2) is 15.9 Å². The highest BCUT2D eigenvalue weighted by Crippen LogP contribution is 2.15. The number of hydrogen-bond donors (Lipinski definition) is 2. The molecule has 4 rings (SSSR count). The number of fused-ring (bicyclic) bond motifs is 1. The van der Waals surface area contributed by atoms with Crippen LogP contribution < -0.4 is 11.1 Å². The Labute approximate surface area is 142 Å². The molecule has 2 heterocycles. The minimum Gasteiger partial charge on any atom is -0.364 e. The Hall–Kier alpha value is -2.95. The number of para-hydroxylation sites is 1. The molecule has 1 aliphatic heterocycles. The Bertz CT molecular complexity index is 676.